The van der Waals surface area contributed by atoms with Crippen molar-refractivity contribution in [2.75, 3.05) is 7.11 Å². The Labute approximate surface area is 94.3 Å². The van der Waals surface area contributed by atoms with Gasteiger partial charge >= 0.3 is 11.9 Å². The van der Waals surface area contributed by atoms with Gasteiger partial charge in [-0.2, -0.15) is 0 Å². The van der Waals surface area contributed by atoms with Crippen molar-refractivity contribution in [3.05, 3.63) is 12.2 Å². The molecule has 88 valence electrons. The Morgan fingerprint density at radius 1 is 1.19 bits per heavy atom. The van der Waals surface area contributed by atoms with Crippen LogP contribution in [0.1, 0.15) is 19.3 Å². The topological polar surface area (TPSA) is 63.6 Å². The number of hydrogen-bond donors (Lipinski definition) is 1. The molecule has 0 heterocycles. The summed E-state index contributed by atoms with van der Waals surface area (Å²) in [6, 6.07) is 0. The van der Waals surface area contributed by atoms with E-state index in [9.17, 15) is 14.7 Å². The number of fused-ring (bicyclic) bond motifs is 3. The molecular formula is C12H16O4. The smallest absolute Gasteiger partial charge is 0.310 e. The van der Waals surface area contributed by atoms with Gasteiger partial charge in [-0.25, -0.2) is 0 Å². The van der Waals surface area contributed by atoms with Gasteiger partial charge in [0.1, 0.15) is 0 Å². The van der Waals surface area contributed by atoms with Gasteiger partial charge in [0.25, 0.3) is 0 Å². The monoisotopic (exact) mass is 224 g/mol. The van der Waals surface area contributed by atoms with Crippen molar-refractivity contribution in [1.29, 1.82) is 0 Å². The molecule has 2 unspecified atom stereocenters. The number of carbonyl (C=O) groups is 2. The Morgan fingerprint density at radius 3 is 2.25 bits per heavy atom. The molecule has 3 aliphatic carbocycles. The normalized spacial score (nSPS) is 36.8. The van der Waals surface area contributed by atoms with Gasteiger partial charge in [0.05, 0.1) is 18.9 Å². The summed E-state index contributed by atoms with van der Waals surface area (Å²) < 4.78 is 4.74. The van der Waals surface area contributed by atoms with Crippen LogP contribution in [0.5, 0.6) is 0 Å². The molecule has 0 aromatic carbocycles. The van der Waals surface area contributed by atoms with Gasteiger partial charge in [-0.05, 0) is 24.7 Å². The third kappa shape index (κ3) is 1.72. The number of methoxy groups -OCH3 is 1. The van der Waals surface area contributed by atoms with Gasteiger partial charge in [0.15, 0.2) is 0 Å². The first-order chi connectivity index (χ1) is 7.65. The van der Waals surface area contributed by atoms with E-state index in [-0.39, 0.29) is 17.8 Å². The number of allylic oxidation sites excluding steroid dienone is 2. The van der Waals surface area contributed by atoms with Crippen molar-refractivity contribution < 1.29 is 19.4 Å². The summed E-state index contributed by atoms with van der Waals surface area (Å²) in [6.07, 6.45) is 6.70. The number of ether oxygens (including phenoxy) is 1. The molecule has 1 N–H and O–H groups in total. The van der Waals surface area contributed by atoms with E-state index in [1.807, 2.05) is 12.2 Å². The second kappa shape index (κ2) is 4.28. The molecule has 0 saturated heterocycles. The predicted molar refractivity (Wildman–Crippen MR) is 56.6 cm³/mol. The van der Waals surface area contributed by atoms with Crippen LogP contribution in [-0.4, -0.2) is 24.2 Å². The molecule has 4 atom stereocenters. The maximum absolute atomic E-state index is 11.7. The minimum absolute atomic E-state index is 0.0136. The second-order valence-electron chi connectivity index (χ2n) is 4.56. The highest BCUT2D eigenvalue weighted by Gasteiger charge is 2.46. The van der Waals surface area contributed by atoms with E-state index in [1.165, 1.54) is 7.11 Å². The summed E-state index contributed by atoms with van der Waals surface area (Å²) in [6.45, 7) is 0. The van der Waals surface area contributed by atoms with Crippen LogP contribution in [0.4, 0.5) is 0 Å². The molecule has 0 aromatic heterocycles. The fourth-order valence-corrected chi connectivity index (χ4v) is 2.99. The van der Waals surface area contributed by atoms with Gasteiger partial charge in [-0.3, -0.25) is 9.59 Å². The third-order valence-corrected chi connectivity index (χ3v) is 3.75. The van der Waals surface area contributed by atoms with E-state index < -0.39 is 17.8 Å². The molecule has 1 fully saturated rings. The second-order valence-corrected chi connectivity index (χ2v) is 4.56. The van der Waals surface area contributed by atoms with Crippen molar-refractivity contribution in [1.82, 2.24) is 0 Å². The first kappa shape index (κ1) is 11.2. The zero-order valence-electron chi connectivity index (χ0n) is 9.26. The molecule has 0 amide bonds. The van der Waals surface area contributed by atoms with Crippen LogP contribution in [0.2, 0.25) is 0 Å². The summed E-state index contributed by atoms with van der Waals surface area (Å²) in [5.41, 5.74) is 0. The molecule has 0 aromatic rings. The molecule has 0 aliphatic heterocycles. The summed E-state index contributed by atoms with van der Waals surface area (Å²) in [5.74, 6) is -2.34. The number of rotatable bonds is 2. The van der Waals surface area contributed by atoms with Gasteiger partial charge < -0.3 is 9.84 Å². The van der Waals surface area contributed by atoms with Crippen LogP contribution in [0.25, 0.3) is 0 Å². The zero-order chi connectivity index (χ0) is 11.7. The van der Waals surface area contributed by atoms with Crippen LogP contribution in [0.3, 0.4) is 0 Å². The van der Waals surface area contributed by atoms with Gasteiger partial charge in [-0.1, -0.05) is 18.6 Å². The number of aliphatic carboxylic acids is 1. The Kier molecular flexibility index (Phi) is 2.99. The molecule has 0 spiro atoms. The summed E-state index contributed by atoms with van der Waals surface area (Å²) >= 11 is 0. The quantitative estimate of drug-likeness (QED) is 0.569. The molecule has 16 heavy (non-hydrogen) atoms. The highest BCUT2D eigenvalue weighted by Crippen LogP contribution is 2.43. The minimum atomic E-state index is -0.878. The Balaban J connectivity index is 2.35. The number of carboxylic acids is 1. The van der Waals surface area contributed by atoms with Crippen LogP contribution < -0.4 is 0 Å². The molecule has 3 rings (SSSR count). The lowest BCUT2D eigenvalue weighted by molar-refractivity contribution is -0.159. The zero-order valence-corrected chi connectivity index (χ0v) is 9.26. The van der Waals surface area contributed by atoms with Gasteiger partial charge in [0.2, 0.25) is 0 Å². The van der Waals surface area contributed by atoms with Crippen LogP contribution in [0.15, 0.2) is 12.2 Å². The molecule has 4 heteroatoms. The van der Waals surface area contributed by atoms with E-state index in [2.05, 4.69) is 0 Å². The number of esters is 1. The van der Waals surface area contributed by atoms with E-state index in [4.69, 9.17) is 4.74 Å². The number of hydrogen-bond acceptors (Lipinski definition) is 3. The molecule has 2 bridgehead atoms. The van der Waals surface area contributed by atoms with Crippen LogP contribution in [-0.2, 0) is 14.3 Å². The summed E-state index contributed by atoms with van der Waals surface area (Å²) in [7, 11) is 1.32. The fourth-order valence-electron chi connectivity index (χ4n) is 2.99. The summed E-state index contributed by atoms with van der Waals surface area (Å²) in [5, 5.41) is 9.26. The van der Waals surface area contributed by atoms with E-state index in [0.29, 0.717) is 0 Å². The Morgan fingerprint density at radius 2 is 1.75 bits per heavy atom. The lowest BCUT2D eigenvalue weighted by Crippen LogP contribution is -2.40. The first-order valence-electron chi connectivity index (χ1n) is 5.64. The van der Waals surface area contributed by atoms with E-state index in [0.717, 1.165) is 19.3 Å². The van der Waals surface area contributed by atoms with E-state index >= 15 is 0 Å². The Hall–Kier alpha value is -1.32. The lowest BCUT2D eigenvalue weighted by Gasteiger charge is -2.32. The molecule has 4 nitrogen and oxygen atoms in total. The first-order valence-corrected chi connectivity index (χ1v) is 5.64. The maximum Gasteiger partial charge on any atom is 0.310 e. The lowest BCUT2D eigenvalue weighted by atomic mass is 9.71. The molecular weight excluding hydrogens is 208 g/mol. The maximum atomic E-state index is 11.7. The van der Waals surface area contributed by atoms with Crippen molar-refractivity contribution in [2.24, 2.45) is 23.7 Å². The van der Waals surface area contributed by atoms with Crippen molar-refractivity contribution in [3.63, 3.8) is 0 Å². The van der Waals surface area contributed by atoms with Crippen LogP contribution >= 0.6 is 0 Å². The number of carboxylic acid groups (broad SMARTS) is 1. The van der Waals surface area contributed by atoms with Crippen molar-refractivity contribution in [3.8, 4) is 0 Å². The van der Waals surface area contributed by atoms with Gasteiger partial charge in [0, 0.05) is 0 Å². The largest absolute Gasteiger partial charge is 0.481 e. The fraction of sp³-hybridized carbons (Fsp3) is 0.667. The molecule has 1 saturated carbocycles. The minimum Gasteiger partial charge on any atom is -0.481 e. The van der Waals surface area contributed by atoms with Crippen LogP contribution in [0, 0.1) is 23.7 Å². The predicted octanol–water partition coefficient (Wildman–Crippen LogP) is 1.46. The van der Waals surface area contributed by atoms with Crippen molar-refractivity contribution in [2.45, 2.75) is 19.3 Å². The highest BCUT2D eigenvalue weighted by molar-refractivity contribution is 5.82. The van der Waals surface area contributed by atoms with E-state index in [1.54, 1.807) is 0 Å². The SMILES string of the molecule is COC(=O)[C@H]1C2C=CC(CCC2)[C@@H]1C(=O)O. The average molecular weight is 224 g/mol. The van der Waals surface area contributed by atoms with Crippen molar-refractivity contribution >= 4 is 11.9 Å². The number of carbonyl (C=O) groups excluding carboxylic acids is 1. The third-order valence-electron chi connectivity index (χ3n) is 3.75. The average Bonchev–Trinajstić information content (AvgIpc) is 2.60. The summed E-state index contributed by atoms with van der Waals surface area (Å²) in [4.78, 5) is 23.0. The Bertz CT molecular complexity index is 334. The molecule has 0 radical (unpaired) electrons. The van der Waals surface area contributed by atoms with Gasteiger partial charge in [-0.15, -0.1) is 0 Å². The standard InChI is InChI=1S/C12H16O4/c1-16-12(15)10-8-4-2-3-7(5-6-8)9(10)11(13)14/h5-10H,2-4H2,1H3,(H,13,14)/t7?,8?,9-,10-/m0/s1. The highest BCUT2D eigenvalue weighted by atomic mass is 16.5. The molecule has 3 aliphatic rings.